The molecule has 0 spiro atoms. The molecule has 0 amide bonds. The van der Waals surface area contributed by atoms with E-state index in [1.165, 1.54) is 0 Å². The van der Waals surface area contributed by atoms with Gasteiger partial charge in [0.25, 0.3) is 10.3 Å². The van der Waals surface area contributed by atoms with E-state index in [4.69, 9.17) is 49.0 Å². The fourth-order valence-electron chi connectivity index (χ4n) is 4.37. The van der Waals surface area contributed by atoms with Gasteiger partial charge in [-0.15, -0.1) is 16.4 Å². The number of fused-ring (bicyclic) bond motifs is 1. The smallest absolute Gasteiger partial charge is 0.264 e. The summed E-state index contributed by atoms with van der Waals surface area (Å²) in [5, 5.41) is 6.61. The number of para-hydroxylation sites is 3. The average molecular weight is 637 g/mol. The quantitative estimate of drug-likeness (QED) is 0.175. The number of thiocarbonyl (C=S) groups is 2. The minimum absolute atomic E-state index is 0.332. The summed E-state index contributed by atoms with van der Waals surface area (Å²) in [4.78, 5) is 13.3. The third-order valence-electron chi connectivity index (χ3n) is 6.64. The summed E-state index contributed by atoms with van der Waals surface area (Å²) in [6.45, 7) is 0. The first-order valence-electron chi connectivity index (χ1n) is 13.7. The highest BCUT2D eigenvalue weighted by atomic mass is 32.1. The van der Waals surface area contributed by atoms with Gasteiger partial charge in [-0.3, -0.25) is 0 Å². The van der Waals surface area contributed by atoms with E-state index >= 15 is 0 Å². The van der Waals surface area contributed by atoms with Gasteiger partial charge >= 0.3 is 0 Å². The maximum atomic E-state index is 6.10. The van der Waals surface area contributed by atoms with Crippen LogP contribution in [0.15, 0.2) is 97.1 Å². The van der Waals surface area contributed by atoms with E-state index in [0.29, 0.717) is 39.1 Å². The molecule has 2 heterocycles. The molecule has 0 unspecified atom stereocenters. The Kier molecular flexibility index (Phi) is 8.34. The van der Waals surface area contributed by atoms with Crippen LogP contribution in [0, 0.1) is 0 Å². The third-order valence-corrected chi connectivity index (χ3v) is 8.62. The Hall–Kier alpha value is -4.71. The minimum Gasteiger partial charge on any atom is -0.431 e. The van der Waals surface area contributed by atoms with Crippen molar-refractivity contribution in [1.82, 2.24) is 29.5 Å². The van der Waals surface area contributed by atoms with Crippen LogP contribution in [0.4, 0.5) is 0 Å². The lowest BCUT2D eigenvalue weighted by Crippen LogP contribution is -2.25. The first-order valence-corrected chi connectivity index (χ1v) is 15.3. The Morgan fingerprint density at radius 2 is 1.25 bits per heavy atom. The molecule has 0 N–H and O–H groups in total. The van der Waals surface area contributed by atoms with Crippen molar-refractivity contribution in [3.8, 4) is 50.5 Å². The van der Waals surface area contributed by atoms with Gasteiger partial charge in [0.1, 0.15) is 16.5 Å². The van der Waals surface area contributed by atoms with E-state index in [-0.39, 0.29) is 0 Å². The molecule has 11 heteroatoms. The van der Waals surface area contributed by atoms with Gasteiger partial charge in [0.2, 0.25) is 0 Å². The Labute approximate surface area is 270 Å². The number of nitrogens with zero attached hydrogens (tertiary/aromatic N) is 6. The van der Waals surface area contributed by atoms with Crippen LogP contribution in [0.3, 0.4) is 0 Å². The standard InChI is InChI=1S/C33H28N6O2S3/c1-37(2)32(42)40-26-14-8-5-11-23(26)29-35-30(24-12-6-9-15-27(24)41-33(43)38(3)4)39(36-29)22-19-17-21(18-20-22)31-34-25-13-7-10-16-28(25)44-31/h5-20H,1-4H3. The van der Waals surface area contributed by atoms with Gasteiger partial charge in [-0.05, 0) is 85.1 Å². The molecule has 0 bridgehead atoms. The Morgan fingerprint density at radius 1 is 0.682 bits per heavy atom. The predicted molar refractivity (Wildman–Crippen MR) is 185 cm³/mol. The number of thiazole rings is 1. The normalized spacial score (nSPS) is 10.9. The zero-order valence-electron chi connectivity index (χ0n) is 24.5. The molecule has 0 aliphatic carbocycles. The summed E-state index contributed by atoms with van der Waals surface area (Å²) in [6.07, 6.45) is 0. The summed E-state index contributed by atoms with van der Waals surface area (Å²) in [6, 6.07) is 31.5. The molecule has 0 saturated carbocycles. The average Bonchev–Trinajstić information content (AvgIpc) is 3.67. The van der Waals surface area contributed by atoms with Crippen LogP contribution in [0.1, 0.15) is 0 Å². The van der Waals surface area contributed by atoms with Crippen LogP contribution in [-0.4, -0.2) is 68.1 Å². The van der Waals surface area contributed by atoms with Crippen molar-refractivity contribution in [1.29, 1.82) is 0 Å². The van der Waals surface area contributed by atoms with Crippen LogP contribution >= 0.6 is 35.8 Å². The molecule has 4 aromatic carbocycles. The molecular weight excluding hydrogens is 609 g/mol. The number of rotatable bonds is 6. The van der Waals surface area contributed by atoms with Gasteiger partial charge in [-0.25, -0.2) is 14.6 Å². The van der Waals surface area contributed by atoms with Crippen LogP contribution in [0.25, 0.3) is 49.3 Å². The summed E-state index contributed by atoms with van der Waals surface area (Å²) in [5.74, 6) is 2.17. The molecule has 0 saturated heterocycles. The highest BCUT2D eigenvalue weighted by Gasteiger charge is 2.22. The van der Waals surface area contributed by atoms with E-state index in [2.05, 4.69) is 6.07 Å². The number of hydrogen-bond donors (Lipinski definition) is 0. The second-order valence-electron chi connectivity index (χ2n) is 10.2. The van der Waals surface area contributed by atoms with Crippen molar-refractivity contribution in [2.24, 2.45) is 0 Å². The Balaban J connectivity index is 1.47. The fraction of sp³-hybridized carbons (Fsp3) is 0.121. The van der Waals surface area contributed by atoms with Crippen molar-refractivity contribution < 1.29 is 9.47 Å². The van der Waals surface area contributed by atoms with Crippen LogP contribution in [0.2, 0.25) is 0 Å². The molecule has 6 aromatic rings. The van der Waals surface area contributed by atoms with Gasteiger partial charge in [0.05, 0.1) is 27.0 Å². The summed E-state index contributed by atoms with van der Waals surface area (Å²) < 4.78 is 15.1. The second-order valence-corrected chi connectivity index (χ2v) is 12.0. The largest absolute Gasteiger partial charge is 0.431 e. The number of benzene rings is 4. The first kappa shape index (κ1) is 29.4. The molecule has 0 atom stereocenters. The van der Waals surface area contributed by atoms with Crippen molar-refractivity contribution in [2.75, 3.05) is 28.2 Å². The van der Waals surface area contributed by atoms with Gasteiger partial charge < -0.3 is 19.3 Å². The number of hydrogen-bond acceptors (Lipinski definition) is 8. The van der Waals surface area contributed by atoms with Gasteiger partial charge in [-0.1, -0.05) is 36.4 Å². The van der Waals surface area contributed by atoms with Gasteiger partial charge in [-0.2, -0.15) is 0 Å². The molecule has 220 valence electrons. The Morgan fingerprint density at radius 3 is 1.89 bits per heavy atom. The SMILES string of the molecule is CN(C)C(=S)Oc1ccccc1-c1nc(-c2ccccc2OC(=S)N(C)C)n(-c2ccc(-c3nc4ccccc4s3)cc2)n1. The number of ether oxygens (including phenoxy) is 2. The molecule has 0 aliphatic heterocycles. The maximum absolute atomic E-state index is 6.10. The van der Waals surface area contributed by atoms with Gasteiger partial charge in [0.15, 0.2) is 11.6 Å². The molecule has 8 nitrogen and oxygen atoms in total. The van der Waals surface area contributed by atoms with Crippen molar-refractivity contribution >= 4 is 56.3 Å². The van der Waals surface area contributed by atoms with E-state index in [1.54, 1.807) is 25.8 Å². The summed E-state index contributed by atoms with van der Waals surface area (Å²) in [5.41, 5.74) is 4.25. The van der Waals surface area contributed by atoms with E-state index in [0.717, 1.165) is 32.0 Å². The van der Waals surface area contributed by atoms with E-state index in [9.17, 15) is 0 Å². The molecule has 6 rings (SSSR count). The number of aromatic nitrogens is 4. The molecular formula is C33H28N6O2S3. The highest BCUT2D eigenvalue weighted by molar-refractivity contribution is 7.80. The third kappa shape index (κ3) is 6.02. The lowest BCUT2D eigenvalue weighted by molar-refractivity contribution is 0.450. The molecule has 44 heavy (non-hydrogen) atoms. The topological polar surface area (TPSA) is 68.5 Å². The zero-order chi connectivity index (χ0) is 30.8. The molecule has 2 aromatic heterocycles. The molecule has 0 radical (unpaired) electrons. The van der Waals surface area contributed by atoms with E-state index in [1.807, 2.05) is 119 Å². The highest BCUT2D eigenvalue weighted by Crippen LogP contribution is 2.36. The minimum atomic E-state index is 0.332. The van der Waals surface area contributed by atoms with Crippen molar-refractivity contribution in [3.63, 3.8) is 0 Å². The predicted octanol–water partition coefficient (Wildman–Crippen LogP) is 7.33. The Bertz CT molecular complexity index is 1950. The summed E-state index contributed by atoms with van der Waals surface area (Å²) in [7, 11) is 7.35. The van der Waals surface area contributed by atoms with Crippen LogP contribution < -0.4 is 9.47 Å². The lowest BCUT2D eigenvalue weighted by Gasteiger charge is -2.16. The van der Waals surface area contributed by atoms with Crippen molar-refractivity contribution in [3.05, 3.63) is 97.1 Å². The lowest BCUT2D eigenvalue weighted by atomic mass is 10.1. The molecule has 0 fully saturated rings. The molecule has 0 aliphatic rings. The summed E-state index contributed by atoms with van der Waals surface area (Å²) >= 11 is 12.6. The second kappa shape index (κ2) is 12.5. The van der Waals surface area contributed by atoms with Crippen LogP contribution in [-0.2, 0) is 0 Å². The maximum Gasteiger partial charge on any atom is 0.264 e. The van der Waals surface area contributed by atoms with E-state index < -0.39 is 0 Å². The van der Waals surface area contributed by atoms with Crippen molar-refractivity contribution in [2.45, 2.75) is 0 Å². The first-order chi connectivity index (χ1) is 21.3. The monoisotopic (exact) mass is 636 g/mol. The van der Waals surface area contributed by atoms with Crippen LogP contribution in [0.5, 0.6) is 11.5 Å². The van der Waals surface area contributed by atoms with Gasteiger partial charge in [0, 0.05) is 33.8 Å². The zero-order valence-corrected chi connectivity index (χ0v) is 26.9. The fourth-order valence-corrected chi connectivity index (χ4v) is 5.52.